The second-order valence-electron chi connectivity index (χ2n) is 6.04. The van der Waals surface area contributed by atoms with Crippen LogP contribution in [0.25, 0.3) is 0 Å². The highest BCUT2D eigenvalue weighted by Gasteiger charge is 2.18. The summed E-state index contributed by atoms with van der Waals surface area (Å²) in [5, 5.41) is 2.70. The first kappa shape index (κ1) is 21.1. The number of benzene rings is 2. The first-order valence-electron chi connectivity index (χ1n) is 8.82. The smallest absolute Gasteiger partial charge is 0.306 e. The van der Waals surface area contributed by atoms with Gasteiger partial charge in [0.25, 0.3) is 5.91 Å². The third kappa shape index (κ3) is 5.90. The Hall–Kier alpha value is -3.22. The number of rotatable bonds is 9. The lowest BCUT2D eigenvalue weighted by atomic mass is 10.1. The first-order valence-corrected chi connectivity index (χ1v) is 8.82. The minimum Gasteiger partial charge on any atom is -0.497 e. The van der Waals surface area contributed by atoms with Crippen molar-refractivity contribution in [1.82, 2.24) is 0 Å². The number of amides is 1. The van der Waals surface area contributed by atoms with E-state index in [1.807, 2.05) is 12.1 Å². The number of aryl methyl sites for hydroxylation is 1. The summed E-state index contributed by atoms with van der Waals surface area (Å²) in [5.74, 6) is 0.976. The van der Waals surface area contributed by atoms with Crippen molar-refractivity contribution in [2.75, 3.05) is 26.6 Å². The van der Waals surface area contributed by atoms with Gasteiger partial charge in [-0.15, -0.1) is 0 Å². The van der Waals surface area contributed by atoms with Gasteiger partial charge in [0.15, 0.2) is 17.6 Å². The fourth-order valence-corrected chi connectivity index (χ4v) is 2.54. The number of carbonyl (C=O) groups is 2. The maximum atomic E-state index is 12.2. The molecule has 0 aliphatic carbocycles. The van der Waals surface area contributed by atoms with E-state index in [9.17, 15) is 9.59 Å². The number of anilines is 1. The van der Waals surface area contributed by atoms with Crippen molar-refractivity contribution in [1.29, 1.82) is 0 Å². The van der Waals surface area contributed by atoms with Gasteiger partial charge in [-0.05, 0) is 43.2 Å². The monoisotopic (exact) mass is 387 g/mol. The molecular weight excluding hydrogens is 362 g/mol. The van der Waals surface area contributed by atoms with Gasteiger partial charge in [-0.1, -0.05) is 12.1 Å². The molecule has 0 unspecified atom stereocenters. The van der Waals surface area contributed by atoms with E-state index in [1.165, 1.54) is 6.92 Å². The Balaban J connectivity index is 1.85. The Labute approximate surface area is 164 Å². The molecule has 2 aromatic rings. The predicted molar refractivity (Wildman–Crippen MR) is 105 cm³/mol. The van der Waals surface area contributed by atoms with Gasteiger partial charge in [0.1, 0.15) is 5.75 Å². The van der Waals surface area contributed by atoms with E-state index in [-0.39, 0.29) is 6.42 Å². The maximum absolute atomic E-state index is 12.2. The van der Waals surface area contributed by atoms with Crippen LogP contribution < -0.4 is 19.5 Å². The molecule has 0 radical (unpaired) electrons. The number of hydrogen-bond acceptors (Lipinski definition) is 6. The molecule has 1 atom stereocenters. The molecule has 0 spiro atoms. The minimum absolute atomic E-state index is 0.145. The van der Waals surface area contributed by atoms with Crippen molar-refractivity contribution in [2.24, 2.45) is 0 Å². The second kappa shape index (κ2) is 10.2. The highest BCUT2D eigenvalue weighted by Crippen LogP contribution is 2.28. The van der Waals surface area contributed by atoms with Crippen molar-refractivity contribution in [3.8, 4) is 17.2 Å². The summed E-state index contributed by atoms with van der Waals surface area (Å²) in [6, 6.07) is 12.4. The van der Waals surface area contributed by atoms with Crippen molar-refractivity contribution in [3.05, 3.63) is 48.0 Å². The molecule has 1 N–H and O–H groups in total. The Kier molecular flexibility index (Phi) is 7.68. The predicted octanol–water partition coefficient (Wildman–Crippen LogP) is 3.22. The summed E-state index contributed by atoms with van der Waals surface area (Å²) in [7, 11) is 4.66. The van der Waals surface area contributed by atoms with E-state index in [4.69, 9.17) is 18.9 Å². The van der Waals surface area contributed by atoms with Gasteiger partial charge < -0.3 is 24.3 Å². The van der Waals surface area contributed by atoms with Gasteiger partial charge in [-0.25, -0.2) is 0 Å². The number of carbonyl (C=O) groups excluding carboxylic acids is 2. The van der Waals surface area contributed by atoms with E-state index >= 15 is 0 Å². The lowest BCUT2D eigenvalue weighted by molar-refractivity contribution is -0.153. The van der Waals surface area contributed by atoms with Gasteiger partial charge >= 0.3 is 5.97 Å². The zero-order valence-electron chi connectivity index (χ0n) is 16.5. The third-order valence-electron chi connectivity index (χ3n) is 4.08. The molecule has 0 fully saturated rings. The van der Waals surface area contributed by atoms with Crippen LogP contribution in [0.2, 0.25) is 0 Å². The van der Waals surface area contributed by atoms with E-state index in [2.05, 4.69) is 5.32 Å². The molecule has 0 heterocycles. The number of hydrogen-bond donors (Lipinski definition) is 1. The van der Waals surface area contributed by atoms with E-state index in [0.717, 1.165) is 5.56 Å². The average molecular weight is 387 g/mol. The molecule has 28 heavy (non-hydrogen) atoms. The van der Waals surface area contributed by atoms with Crippen LogP contribution in [0.5, 0.6) is 17.2 Å². The molecule has 150 valence electrons. The number of esters is 1. The van der Waals surface area contributed by atoms with Gasteiger partial charge in [-0.3, -0.25) is 9.59 Å². The van der Waals surface area contributed by atoms with Crippen LogP contribution >= 0.6 is 0 Å². The summed E-state index contributed by atoms with van der Waals surface area (Å²) < 4.78 is 20.8. The van der Waals surface area contributed by atoms with Crippen molar-refractivity contribution in [2.45, 2.75) is 25.9 Å². The Morgan fingerprint density at radius 1 is 0.964 bits per heavy atom. The number of methoxy groups -OCH3 is 3. The Bertz CT molecular complexity index is 820. The third-order valence-corrected chi connectivity index (χ3v) is 4.08. The molecule has 7 heteroatoms. The van der Waals surface area contributed by atoms with Crippen LogP contribution in [0.3, 0.4) is 0 Å². The average Bonchev–Trinajstić information content (AvgIpc) is 2.71. The molecule has 2 rings (SSSR count). The molecule has 0 aliphatic rings. The molecule has 0 aromatic heterocycles. The van der Waals surface area contributed by atoms with Crippen molar-refractivity contribution >= 4 is 17.6 Å². The molecule has 7 nitrogen and oxygen atoms in total. The van der Waals surface area contributed by atoms with Gasteiger partial charge in [-0.2, -0.15) is 0 Å². The molecule has 0 saturated carbocycles. The van der Waals surface area contributed by atoms with Crippen LogP contribution in [-0.4, -0.2) is 39.3 Å². The van der Waals surface area contributed by atoms with Gasteiger partial charge in [0.2, 0.25) is 0 Å². The summed E-state index contributed by atoms with van der Waals surface area (Å²) >= 11 is 0. The summed E-state index contributed by atoms with van der Waals surface area (Å²) in [6.07, 6.45) is -0.306. The molecule has 2 aromatic carbocycles. The van der Waals surface area contributed by atoms with E-state index in [1.54, 1.807) is 51.7 Å². The van der Waals surface area contributed by atoms with Crippen molar-refractivity contribution in [3.63, 3.8) is 0 Å². The van der Waals surface area contributed by atoms with E-state index in [0.29, 0.717) is 29.4 Å². The van der Waals surface area contributed by atoms with Crippen molar-refractivity contribution < 1.29 is 28.5 Å². The summed E-state index contributed by atoms with van der Waals surface area (Å²) in [5.41, 5.74) is 1.47. The SMILES string of the molecule is COc1cccc(NC(=O)[C@H](C)OC(=O)CCc2ccc(OC)c(OC)c2)c1. The highest BCUT2D eigenvalue weighted by atomic mass is 16.5. The molecule has 0 bridgehead atoms. The summed E-state index contributed by atoms with van der Waals surface area (Å²) in [4.78, 5) is 24.3. The fourth-order valence-electron chi connectivity index (χ4n) is 2.54. The standard InChI is InChI=1S/C21H25NO6/c1-14(21(24)22-16-6-5-7-17(13-16)25-2)28-20(23)11-9-15-8-10-18(26-3)19(12-15)27-4/h5-8,10,12-14H,9,11H2,1-4H3,(H,22,24)/t14-/m0/s1. The first-order chi connectivity index (χ1) is 13.5. The lowest BCUT2D eigenvalue weighted by Crippen LogP contribution is -2.30. The quantitative estimate of drug-likeness (QED) is 0.665. The normalized spacial score (nSPS) is 11.3. The molecule has 1 amide bonds. The molecular formula is C21H25NO6. The second-order valence-corrected chi connectivity index (χ2v) is 6.04. The zero-order chi connectivity index (χ0) is 20.5. The van der Waals surface area contributed by atoms with Gasteiger partial charge in [0.05, 0.1) is 21.3 Å². The summed E-state index contributed by atoms with van der Waals surface area (Å²) in [6.45, 7) is 1.53. The maximum Gasteiger partial charge on any atom is 0.306 e. The van der Waals surface area contributed by atoms with Crippen LogP contribution in [-0.2, 0) is 20.7 Å². The Morgan fingerprint density at radius 2 is 1.71 bits per heavy atom. The van der Waals surface area contributed by atoms with Gasteiger partial charge in [0, 0.05) is 18.2 Å². The largest absolute Gasteiger partial charge is 0.497 e. The molecule has 0 saturated heterocycles. The number of ether oxygens (including phenoxy) is 4. The minimum atomic E-state index is -0.913. The Morgan fingerprint density at radius 3 is 2.39 bits per heavy atom. The van der Waals surface area contributed by atoms with E-state index < -0.39 is 18.0 Å². The molecule has 0 aliphatic heterocycles. The zero-order valence-corrected chi connectivity index (χ0v) is 16.5. The fraction of sp³-hybridized carbons (Fsp3) is 0.333. The number of nitrogens with one attached hydrogen (secondary N) is 1. The van der Waals surface area contributed by atoms with Crippen LogP contribution in [0.1, 0.15) is 18.9 Å². The van der Waals surface area contributed by atoms with Crippen LogP contribution in [0, 0.1) is 0 Å². The highest BCUT2D eigenvalue weighted by molar-refractivity contribution is 5.95. The lowest BCUT2D eigenvalue weighted by Gasteiger charge is -2.14. The topological polar surface area (TPSA) is 83.1 Å². The van der Waals surface area contributed by atoms with Crippen LogP contribution in [0.4, 0.5) is 5.69 Å². The van der Waals surface area contributed by atoms with Crippen LogP contribution in [0.15, 0.2) is 42.5 Å².